The van der Waals surface area contributed by atoms with E-state index in [1.807, 2.05) is 6.07 Å². The molecule has 2 fully saturated rings. The van der Waals surface area contributed by atoms with Crippen molar-refractivity contribution in [1.29, 1.82) is 0 Å². The van der Waals surface area contributed by atoms with Crippen molar-refractivity contribution in [2.24, 2.45) is 5.41 Å². The third kappa shape index (κ3) is 3.82. The van der Waals surface area contributed by atoms with Gasteiger partial charge in [0.2, 0.25) is 0 Å². The first-order valence-electron chi connectivity index (χ1n) is 9.86. The Morgan fingerprint density at radius 3 is 2.80 bits per heavy atom. The van der Waals surface area contributed by atoms with Gasteiger partial charge < -0.3 is 10.2 Å². The summed E-state index contributed by atoms with van der Waals surface area (Å²) < 4.78 is 51.7. The van der Waals surface area contributed by atoms with E-state index in [1.165, 1.54) is 18.5 Å². The lowest BCUT2D eigenvalue weighted by atomic mass is 9.65. The van der Waals surface area contributed by atoms with E-state index in [4.69, 9.17) is 0 Å². The van der Waals surface area contributed by atoms with Gasteiger partial charge in [0.05, 0.1) is 11.8 Å². The monoisotopic (exact) mass is 436 g/mol. The molecule has 0 amide bonds. The number of rotatable bonds is 4. The van der Waals surface area contributed by atoms with Crippen LogP contribution in [0.15, 0.2) is 36.7 Å². The predicted octanol–water partition coefficient (Wildman–Crippen LogP) is 5.41. The maximum absolute atomic E-state index is 13.4. The zero-order valence-electron chi connectivity index (χ0n) is 16.0. The summed E-state index contributed by atoms with van der Waals surface area (Å²) in [7, 11) is 0. The van der Waals surface area contributed by atoms with Gasteiger partial charge in [-0.05, 0) is 48.9 Å². The molecule has 1 N–H and O–H groups in total. The van der Waals surface area contributed by atoms with Gasteiger partial charge in [-0.1, -0.05) is 6.07 Å². The number of aromatic nitrogens is 2. The van der Waals surface area contributed by atoms with Crippen molar-refractivity contribution in [2.45, 2.75) is 37.9 Å². The first-order valence-corrected chi connectivity index (χ1v) is 10.7. The van der Waals surface area contributed by atoms with Crippen molar-refractivity contribution in [3.63, 3.8) is 0 Å². The van der Waals surface area contributed by atoms with Crippen LogP contribution in [0, 0.1) is 11.2 Å². The zero-order chi connectivity index (χ0) is 20.9. The molecule has 1 aromatic carbocycles. The second-order valence-electron chi connectivity index (χ2n) is 8.35. The van der Waals surface area contributed by atoms with Crippen LogP contribution in [0.3, 0.4) is 0 Å². The van der Waals surface area contributed by atoms with Crippen LogP contribution >= 0.6 is 11.3 Å². The lowest BCUT2D eigenvalue weighted by Crippen LogP contribution is -2.46. The molecular formula is C21H20F4N4S. The highest BCUT2D eigenvalue weighted by Gasteiger charge is 2.49. The van der Waals surface area contributed by atoms with E-state index in [-0.39, 0.29) is 16.1 Å². The fraction of sp³-hybridized carbons (Fsp3) is 0.429. The van der Waals surface area contributed by atoms with Crippen molar-refractivity contribution in [3.05, 3.63) is 47.4 Å². The molecule has 0 unspecified atom stereocenters. The zero-order valence-corrected chi connectivity index (χ0v) is 16.9. The minimum Gasteiger partial charge on any atom is -0.382 e. The number of alkyl halides is 3. The van der Waals surface area contributed by atoms with Crippen LogP contribution in [0.2, 0.25) is 0 Å². The van der Waals surface area contributed by atoms with Crippen molar-refractivity contribution < 1.29 is 17.6 Å². The average molecular weight is 436 g/mol. The fourth-order valence-corrected chi connectivity index (χ4v) is 5.80. The number of halogens is 4. The van der Waals surface area contributed by atoms with Crippen molar-refractivity contribution >= 4 is 33.1 Å². The maximum Gasteiger partial charge on any atom is 0.393 e. The molecule has 3 aromatic rings. The second-order valence-corrected chi connectivity index (χ2v) is 9.47. The molecule has 0 atom stereocenters. The average Bonchev–Trinajstić information content (AvgIpc) is 3.23. The summed E-state index contributed by atoms with van der Waals surface area (Å²) in [5, 5.41) is 4.09. The van der Waals surface area contributed by atoms with Gasteiger partial charge in [-0.3, -0.25) is 0 Å². The van der Waals surface area contributed by atoms with Gasteiger partial charge in [0, 0.05) is 29.7 Å². The SMILES string of the molecule is Fc1cccc(NC2CC3(CCN(c4ncnc5sc(CC(F)(F)F)cc45)C3)C2)c1. The molecule has 0 radical (unpaired) electrons. The molecule has 5 rings (SSSR count). The molecule has 1 saturated carbocycles. The van der Waals surface area contributed by atoms with Gasteiger partial charge in [-0.2, -0.15) is 13.2 Å². The topological polar surface area (TPSA) is 41.0 Å². The molecule has 9 heteroatoms. The van der Waals surface area contributed by atoms with Crippen LogP contribution in [-0.2, 0) is 6.42 Å². The lowest BCUT2D eigenvalue weighted by molar-refractivity contribution is -0.126. The minimum atomic E-state index is -4.23. The van der Waals surface area contributed by atoms with E-state index in [1.54, 1.807) is 12.1 Å². The van der Waals surface area contributed by atoms with E-state index in [0.29, 0.717) is 16.3 Å². The number of hydrogen-bond donors (Lipinski definition) is 1. The Balaban J connectivity index is 1.28. The smallest absolute Gasteiger partial charge is 0.382 e. The molecule has 158 valence electrons. The molecule has 30 heavy (non-hydrogen) atoms. The van der Waals surface area contributed by atoms with Crippen molar-refractivity contribution in [1.82, 2.24) is 9.97 Å². The number of nitrogens with one attached hydrogen (secondary N) is 1. The van der Waals surface area contributed by atoms with E-state index in [9.17, 15) is 17.6 Å². The molecular weight excluding hydrogens is 416 g/mol. The van der Waals surface area contributed by atoms with Gasteiger partial charge in [0.1, 0.15) is 22.8 Å². The Kier molecular flexibility index (Phi) is 4.61. The highest BCUT2D eigenvalue weighted by atomic mass is 32.1. The number of hydrogen-bond acceptors (Lipinski definition) is 5. The molecule has 2 aliphatic rings. The molecule has 2 aromatic heterocycles. The van der Waals surface area contributed by atoms with Crippen LogP contribution in [0.5, 0.6) is 0 Å². The highest BCUT2D eigenvalue weighted by molar-refractivity contribution is 7.18. The quantitative estimate of drug-likeness (QED) is 0.556. The van der Waals surface area contributed by atoms with E-state index in [2.05, 4.69) is 20.2 Å². The molecule has 4 nitrogen and oxygen atoms in total. The van der Waals surface area contributed by atoms with Crippen molar-refractivity contribution in [3.8, 4) is 0 Å². The molecule has 1 aliphatic carbocycles. The van der Waals surface area contributed by atoms with Gasteiger partial charge in [0.15, 0.2) is 0 Å². The molecule has 1 aliphatic heterocycles. The Morgan fingerprint density at radius 1 is 1.20 bits per heavy atom. The van der Waals surface area contributed by atoms with E-state index in [0.717, 1.165) is 55.2 Å². The van der Waals surface area contributed by atoms with E-state index < -0.39 is 12.6 Å². The van der Waals surface area contributed by atoms with Crippen LogP contribution in [0.25, 0.3) is 10.2 Å². The summed E-state index contributed by atoms with van der Waals surface area (Å²) in [6, 6.07) is 8.37. The lowest BCUT2D eigenvalue weighted by Gasteiger charge is -2.46. The van der Waals surface area contributed by atoms with Crippen LogP contribution in [0.1, 0.15) is 24.1 Å². The molecule has 0 bridgehead atoms. The highest BCUT2D eigenvalue weighted by Crippen LogP contribution is 2.50. The predicted molar refractivity (Wildman–Crippen MR) is 109 cm³/mol. The first kappa shape index (κ1) is 19.5. The number of nitrogens with zero attached hydrogens (tertiary/aromatic N) is 3. The minimum absolute atomic E-state index is 0.174. The fourth-order valence-electron chi connectivity index (χ4n) is 4.78. The standard InChI is InChI=1S/C21H20F4N4S/c22-13-2-1-3-14(6-13)28-15-8-20(9-15)4-5-29(11-20)18-17-7-16(10-21(23,24)25)30-19(17)27-12-26-18/h1-3,6-7,12,15,28H,4-5,8-11H2. The number of anilines is 2. The summed E-state index contributed by atoms with van der Waals surface area (Å²) in [5.41, 5.74) is 0.963. The normalized spacial score (nSPS) is 23.9. The van der Waals surface area contributed by atoms with Gasteiger partial charge in [-0.15, -0.1) is 11.3 Å². The molecule has 1 spiro atoms. The van der Waals surface area contributed by atoms with Crippen LogP contribution in [0.4, 0.5) is 29.1 Å². The van der Waals surface area contributed by atoms with Gasteiger partial charge in [0.25, 0.3) is 0 Å². The van der Waals surface area contributed by atoms with Gasteiger partial charge >= 0.3 is 6.18 Å². The van der Waals surface area contributed by atoms with Crippen molar-refractivity contribution in [2.75, 3.05) is 23.3 Å². The summed E-state index contributed by atoms with van der Waals surface area (Å²) in [6.45, 7) is 1.65. The molecule has 1 saturated heterocycles. The third-order valence-electron chi connectivity index (χ3n) is 6.03. The van der Waals surface area contributed by atoms with Gasteiger partial charge in [-0.25, -0.2) is 14.4 Å². The Hall–Kier alpha value is -2.42. The summed E-state index contributed by atoms with van der Waals surface area (Å²) >= 11 is 1.08. The summed E-state index contributed by atoms with van der Waals surface area (Å²) in [5.74, 6) is 0.470. The third-order valence-corrected chi connectivity index (χ3v) is 7.07. The number of thiophene rings is 1. The first-order chi connectivity index (χ1) is 14.3. The largest absolute Gasteiger partial charge is 0.393 e. The van der Waals surface area contributed by atoms with Crippen LogP contribution < -0.4 is 10.2 Å². The number of fused-ring (bicyclic) bond motifs is 1. The Labute approximate surface area is 174 Å². The summed E-state index contributed by atoms with van der Waals surface area (Å²) in [4.78, 5) is 11.6. The number of benzene rings is 1. The Bertz CT molecular complexity index is 1070. The molecule has 3 heterocycles. The maximum atomic E-state index is 13.4. The summed E-state index contributed by atoms with van der Waals surface area (Å²) in [6.07, 6.45) is -0.758. The van der Waals surface area contributed by atoms with Crippen LogP contribution in [-0.4, -0.2) is 35.3 Å². The Morgan fingerprint density at radius 2 is 2.03 bits per heavy atom. The second kappa shape index (κ2) is 7.08. The van der Waals surface area contributed by atoms with E-state index >= 15 is 0 Å².